The van der Waals surface area contributed by atoms with E-state index in [0.717, 1.165) is 11.3 Å². The molecular formula is C14H13Cl4N. The second-order valence-electron chi connectivity index (χ2n) is 4.62. The minimum Gasteiger partial charge on any atom is -0.376 e. The normalized spacial score (nSPS) is 19.5. The van der Waals surface area contributed by atoms with Crippen molar-refractivity contribution in [3.8, 4) is 0 Å². The molecule has 5 heteroatoms. The van der Waals surface area contributed by atoms with Crippen LogP contribution < -0.4 is 4.90 Å². The summed E-state index contributed by atoms with van der Waals surface area (Å²) in [6.45, 7) is 0. The molecule has 1 aliphatic rings. The fourth-order valence-corrected chi connectivity index (χ4v) is 3.37. The van der Waals surface area contributed by atoms with Gasteiger partial charge in [-0.1, -0.05) is 58.5 Å². The van der Waals surface area contributed by atoms with Gasteiger partial charge in [0.15, 0.2) is 0 Å². The summed E-state index contributed by atoms with van der Waals surface area (Å²) in [7, 11) is 3.90. The fraction of sp³-hybridized carbons (Fsp3) is 0.286. The van der Waals surface area contributed by atoms with Crippen LogP contribution in [0.1, 0.15) is 17.9 Å². The Morgan fingerprint density at radius 1 is 1.11 bits per heavy atom. The first-order valence-corrected chi connectivity index (χ1v) is 7.30. The van der Waals surface area contributed by atoms with Crippen LogP contribution in [0.25, 0.3) is 0 Å². The summed E-state index contributed by atoms with van der Waals surface area (Å²) in [6, 6.07) is 5.88. The van der Waals surface area contributed by atoms with Crippen molar-refractivity contribution in [3.63, 3.8) is 0 Å². The van der Waals surface area contributed by atoms with E-state index < -0.39 is 0 Å². The first-order valence-electron chi connectivity index (χ1n) is 5.78. The first kappa shape index (κ1) is 15.1. The van der Waals surface area contributed by atoms with Gasteiger partial charge < -0.3 is 4.90 Å². The molecule has 0 fully saturated rings. The molecule has 19 heavy (non-hydrogen) atoms. The summed E-state index contributed by atoms with van der Waals surface area (Å²) in [5, 5.41) is 2.44. The summed E-state index contributed by atoms with van der Waals surface area (Å²) >= 11 is 25.0. The lowest BCUT2D eigenvalue weighted by molar-refractivity contribution is 0.823. The number of halogens is 4. The van der Waals surface area contributed by atoms with Crippen molar-refractivity contribution in [2.45, 2.75) is 12.3 Å². The third-order valence-corrected chi connectivity index (χ3v) is 4.63. The van der Waals surface area contributed by atoms with Crippen LogP contribution in [0.15, 0.2) is 39.4 Å². The van der Waals surface area contributed by atoms with Crippen LogP contribution in [0.4, 0.5) is 5.69 Å². The van der Waals surface area contributed by atoms with Gasteiger partial charge in [-0.15, -0.1) is 0 Å². The van der Waals surface area contributed by atoms with Crippen molar-refractivity contribution < 1.29 is 0 Å². The van der Waals surface area contributed by atoms with Crippen molar-refractivity contribution in [3.05, 3.63) is 50.0 Å². The van der Waals surface area contributed by atoms with Gasteiger partial charge in [0.1, 0.15) is 0 Å². The number of allylic oxidation sites excluding steroid dienone is 4. The number of hydrogen-bond donors (Lipinski definition) is 0. The van der Waals surface area contributed by atoms with Crippen LogP contribution >= 0.6 is 46.4 Å². The molecular weight excluding hydrogens is 324 g/mol. The lowest BCUT2D eigenvalue weighted by Gasteiger charge is -2.24. The minimum absolute atomic E-state index is 0.0842. The average Bonchev–Trinajstić information content (AvgIpc) is 2.34. The number of anilines is 1. The fourth-order valence-electron chi connectivity index (χ4n) is 2.11. The Morgan fingerprint density at radius 2 is 1.79 bits per heavy atom. The zero-order chi connectivity index (χ0) is 14.2. The number of rotatable bonds is 2. The van der Waals surface area contributed by atoms with Crippen LogP contribution in [0.3, 0.4) is 0 Å². The minimum atomic E-state index is -0.0842. The maximum absolute atomic E-state index is 6.47. The number of benzene rings is 1. The van der Waals surface area contributed by atoms with Gasteiger partial charge in [-0.05, 0) is 24.1 Å². The van der Waals surface area contributed by atoms with Gasteiger partial charge in [-0.2, -0.15) is 0 Å². The Hall–Kier alpha value is -0.340. The van der Waals surface area contributed by atoms with E-state index in [9.17, 15) is 0 Å². The molecule has 2 rings (SSSR count). The summed E-state index contributed by atoms with van der Waals surface area (Å²) < 4.78 is 0. The largest absolute Gasteiger partial charge is 0.376 e. The zero-order valence-electron chi connectivity index (χ0n) is 10.6. The smallest absolute Gasteiger partial charge is 0.0677 e. The van der Waals surface area contributed by atoms with Crippen molar-refractivity contribution in [1.82, 2.24) is 0 Å². The van der Waals surface area contributed by atoms with E-state index in [2.05, 4.69) is 0 Å². The third kappa shape index (κ3) is 3.05. The van der Waals surface area contributed by atoms with E-state index in [1.165, 1.54) is 0 Å². The quantitative estimate of drug-likeness (QED) is 0.669. The Bertz CT molecular complexity index is 561. The Labute approximate surface area is 133 Å². The van der Waals surface area contributed by atoms with Gasteiger partial charge in [0.25, 0.3) is 0 Å². The lowest BCUT2D eigenvalue weighted by atomic mass is 9.91. The van der Waals surface area contributed by atoms with Crippen LogP contribution in [-0.4, -0.2) is 14.1 Å². The molecule has 0 aliphatic heterocycles. The summed E-state index contributed by atoms with van der Waals surface area (Å²) in [4.78, 5) is 1.96. The van der Waals surface area contributed by atoms with Crippen molar-refractivity contribution >= 4 is 52.1 Å². The highest BCUT2D eigenvalue weighted by Crippen LogP contribution is 2.45. The van der Waals surface area contributed by atoms with Gasteiger partial charge in [0, 0.05) is 30.1 Å². The molecule has 0 N–H and O–H groups in total. The zero-order valence-corrected chi connectivity index (χ0v) is 13.6. The lowest BCUT2D eigenvalue weighted by Crippen LogP contribution is -2.12. The van der Waals surface area contributed by atoms with E-state index in [1.807, 2.05) is 37.2 Å². The molecule has 0 spiro atoms. The Kier molecular flexibility index (Phi) is 4.73. The maximum atomic E-state index is 6.47. The van der Waals surface area contributed by atoms with Crippen LogP contribution in [0.2, 0.25) is 5.02 Å². The monoisotopic (exact) mass is 335 g/mol. The molecule has 0 bridgehead atoms. The molecule has 1 aromatic carbocycles. The van der Waals surface area contributed by atoms with E-state index in [1.54, 1.807) is 6.08 Å². The standard InChI is InChI=1S/C14H13Cl4N/c1-19(2)12-5-3-4-9(14(12)18)10-6-8(15)7-11(16)13(10)17/h3-5,7,10H,6H2,1-2H3. The van der Waals surface area contributed by atoms with Crippen LogP contribution in [-0.2, 0) is 0 Å². The van der Waals surface area contributed by atoms with E-state index in [-0.39, 0.29) is 5.92 Å². The van der Waals surface area contributed by atoms with Gasteiger partial charge in [0.05, 0.1) is 15.7 Å². The van der Waals surface area contributed by atoms with Gasteiger partial charge in [0.2, 0.25) is 0 Å². The van der Waals surface area contributed by atoms with Crippen molar-refractivity contribution in [2.24, 2.45) is 0 Å². The molecule has 1 aliphatic carbocycles. The topological polar surface area (TPSA) is 3.24 Å². The predicted molar refractivity (Wildman–Crippen MR) is 85.8 cm³/mol. The van der Waals surface area contributed by atoms with E-state index in [0.29, 0.717) is 26.5 Å². The molecule has 1 nitrogen and oxygen atoms in total. The maximum Gasteiger partial charge on any atom is 0.0677 e. The van der Waals surface area contributed by atoms with Gasteiger partial charge in [-0.3, -0.25) is 0 Å². The second kappa shape index (κ2) is 5.97. The third-order valence-electron chi connectivity index (χ3n) is 3.08. The van der Waals surface area contributed by atoms with Crippen LogP contribution in [0.5, 0.6) is 0 Å². The van der Waals surface area contributed by atoms with Crippen LogP contribution in [0, 0.1) is 0 Å². The molecule has 0 radical (unpaired) electrons. The molecule has 0 saturated heterocycles. The predicted octanol–water partition coefficient (Wildman–Crippen LogP) is 5.71. The summed E-state index contributed by atoms with van der Waals surface area (Å²) in [6.07, 6.45) is 2.30. The van der Waals surface area contributed by atoms with Crippen molar-refractivity contribution in [1.29, 1.82) is 0 Å². The summed E-state index contributed by atoms with van der Waals surface area (Å²) in [5.41, 5.74) is 1.90. The molecule has 1 unspecified atom stereocenters. The summed E-state index contributed by atoms with van der Waals surface area (Å²) in [5.74, 6) is -0.0842. The highest BCUT2D eigenvalue weighted by atomic mass is 35.5. The van der Waals surface area contributed by atoms with Crippen molar-refractivity contribution in [2.75, 3.05) is 19.0 Å². The Morgan fingerprint density at radius 3 is 2.42 bits per heavy atom. The van der Waals surface area contributed by atoms with Gasteiger partial charge >= 0.3 is 0 Å². The Balaban J connectivity index is 2.49. The molecule has 0 amide bonds. The van der Waals surface area contributed by atoms with Gasteiger partial charge in [-0.25, -0.2) is 0 Å². The molecule has 0 aromatic heterocycles. The molecule has 1 atom stereocenters. The first-order chi connectivity index (χ1) is 8.91. The SMILES string of the molecule is CN(C)c1cccc(C2CC(Cl)=CC(Cl)=C2Cl)c1Cl. The molecule has 0 saturated carbocycles. The molecule has 0 heterocycles. The second-order valence-corrected chi connectivity index (χ2v) is 6.30. The molecule has 1 aromatic rings. The molecule has 102 valence electrons. The number of hydrogen-bond acceptors (Lipinski definition) is 1. The van der Waals surface area contributed by atoms with E-state index in [4.69, 9.17) is 46.4 Å². The highest BCUT2D eigenvalue weighted by molar-refractivity contribution is 6.42. The highest BCUT2D eigenvalue weighted by Gasteiger charge is 2.26. The average molecular weight is 337 g/mol. The number of nitrogens with zero attached hydrogens (tertiary/aromatic N) is 1. The van der Waals surface area contributed by atoms with E-state index >= 15 is 0 Å².